The number of unbranched alkanes of at least 4 members (excludes halogenated alkanes) is 1. The van der Waals surface area contributed by atoms with Gasteiger partial charge in [-0.3, -0.25) is 9.59 Å². The molecule has 1 N–H and O–H groups in total. The maximum Gasteiger partial charge on any atom is 0.306 e. The van der Waals surface area contributed by atoms with Gasteiger partial charge in [0.25, 0.3) is 0 Å². The highest BCUT2D eigenvalue weighted by Gasteiger charge is 2.10. The van der Waals surface area contributed by atoms with Gasteiger partial charge in [0.1, 0.15) is 0 Å². The molecular weight excluding hydrogens is 230 g/mol. The summed E-state index contributed by atoms with van der Waals surface area (Å²) in [5, 5.41) is 2.89. The van der Waals surface area contributed by atoms with Crippen LogP contribution < -0.4 is 5.32 Å². The van der Waals surface area contributed by atoms with Crippen LogP contribution in [0.4, 0.5) is 0 Å². The third-order valence-corrected chi connectivity index (χ3v) is 2.99. The van der Waals surface area contributed by atoms with E-state index in [1.807, 2.05) is 0 Å². The number of nitrogens with one attached hydrogen (secondary N) is 1. The van der Waals surface area contributed by atoms with E-state index in [0.29, 0.717) is 12.5 Å². The minimum atomic E-state index is -0.300. The SMILES string of the molecule is CCCCC(CC)CNC(=O)CCC(=O)OCC. The lowest BCUT2D eigenvalue weighted by molar-refractivity contribution is -0.144. The lowest BCUT2D eigenvalue weighted by Crippen LogP contribution is -2.29. The first-order valence-electron chi connectivity index (χ1n) is 7.06. The van der Waals surface area contributed by atoms with Crippen LogP contribution >= 0.6 is 0 Å². The average molecular weight is 257 g/mol. The average Bonchev–Trinajstić information content (AvgIpc) is 2.37. The summed E-state index contributed by atoms with van der Waals surface area (Å²) in [6.45, 7) is 7.17. The number of esters is 1. The number of rotatable bonds is 10. The van der Waals surface area contributed by atoms with Crippen LogP contribution in [0.5, 0.6) is 0 Å². The molecule has 0 aromatic rings. The molecule has 0 aliphatic rings. The van der Waals surface area contributed by atoms with Crippen LogP contribution in [0.1, 0.15) is 59.3 Å². The third kappa shape index (κ3) is 9.02. The highest BCUT2D eigenvalue weighted by atomic mass is 16.5. The third-order valence-electron chi connectivity index (χ3n) is 2.99. The van der Waals surface area contributed by atoms with Gasteiger partial charge in [-0.1, -0.05) is 33.1 Å². The van der Waals surface area contributed by atoms with E-state index in [0.717, 1.165) is 19.4 Å². The van der Waals surface area contributed by atoms with E-state index in [1.165, 1.54) is 12.8 Å². The minimum Gasteiger partial charge on any atom is -0.466 e. The second kappa shape index (κ2) is 11.1. The lowest BCUT2D eigenvalue weighted by atomic mass is 9.99. The van der Waals surface area contributed by atoms with Gasteiger partial charge in [-0.2, -0.15) is 0 Å². The highest BCUT2D eigenvalue weighted by Crippen LogP contribution is 2.11. The largest absolute Gasteiger partial charge is 0.466 e. The van der Waals surface area contributed by atoms with Crippen molar-refractivity contribution in [2.24, 2.45) is 5.92 Å². The first-order valence-corrected chi connectivity index (χ1v) is 7.06. The van der Waals surface area contributed by atoms with Crippen molar-refractivity contribution in [3.05, 3.63) is 0 Å². The molecule has 1 atom stereocenters. The van der Waals surface area contributed by atoms with Gasteiger partial charge in [0, 0.05) is 13.0 Å². The van der Waals surface area contributed by atoms with Crippen molar-refractivity contribution in [1.29, 1.82) is 0 Å². The van der Waals surface area contributed by atoms with E-state index in [2.05, 4.69) is 19.2 Å². The number of hydrogen-bond acceptors (Lipinski definition) is 3. The van der Waals surface area contributed by atoms with Gasteiger partial charge >= 0.3 is 5.97 Å². The van der Waals surface area contributed by atoms with Gasteiger partial charge in [0.05, 0.1) is 13.0 Å². The second-order valence-corrected chi connectivity index (χ2v) is 4.53. The number of ether oxygens (including phenoxy) is 1. The Balaban J connectivity index is 3.70. The van der Waals surface area contributed by atoms with E-state index < -0.39 is 0 Å². The molecule has 0 rings (SSSR count). The van der Waals surface area contributed by atoms with Crippen LogP contribution in [0.3, 0.4) is 0 Å². The fraction of sp³-hybridized carbons (Fsp3) is 0.857. The molecule has 0 bridgehead atoms. The fourth-order valence-electron chi connectivity index (χ4n) is 1.74. The summed E-state index contributed by atoms with van der Waals surface area (Å²) in [5.74, 6) is 0.195. The summed E-state index contributed by atoms with van der Waals surface area (Å²) < 4.78 is 4.77. The Morgan fingerprint density at radius 3 is 2.44 bits per heavy atom. The molecule has 106 valence electrons. The van der Waals surface area contributed by atoms with Crippen LogP contribution in [-0.4, -0.2) is 25.0 Å². The number of amides is 1. The molecule has 0 aliphatic heterocycles. The normalized spacial score (nSPS) is 11.9. The van der Waals surface area contributed by atoms with Gasteiger partial charge in [-0.25, -0.2) is 0 Å². The lowest BCUT2D eigenvalue weighted by Gasteiger charge is -2.15. The van der Waals surface area contributed by atoms with Crippen LogP contribution in [0.15, 0.2) is 0 Å². The summed E-state index contributed by atoms with van der Waals surface area (Å²) in [6, 6.07) is 0. The summed E-state index contributed by atoms with van der Waals surface area (Å²) >= 11 is 0. The first-order chi connectivity index (χ1) is 8.63. The van der Waals surface area contributed by atoms with E-state index in [-0.39, 0.29) is 24.7 Å². The van der Waals surface area contributed by atoms with E-state index >= 15 is 0 Å². The predicted octanol–water partition coefficient (Wildman–Crippen LogP) is 2.66. The van der Waals surface area contributed by atoms with Crippen molar-refractivity contribution in [3.63, 3.8) is 0 Å². The van der Waals surface area contributed by atoms with Crippen LogP contribution in [0, 0.1) is 5.92 Å². The molecule has 0 heterocycles. The molecule has 4 nitrogen and oxygen atoms in total. The molecule has 18 heavy (non-hydrogen) atoms. The topological polar surface area (TPSA) is 55.4 Å². The molecule has 0 aromatic heterocycles. The quantitative estimate of drug-likeness (QED) is 0.612. The van der Waals surface area contributed by atoms with Crippen molar-refractivity contribution >= 4 is 11.9 Å². The van der Waals surface area contributed by atoms with E-state index in [1.54, 1.807) is 6.92 Å². The Morgan fingerprint density at radius 2 is 1.89 bits per heavy atom. The molecule has 0 saturated carbocycles. The zero-order chi connectivity index (χ0) is 13.8. The second-order valence-electron chi connectivity index (χ2n) is 4.53. The Morgan fingerprint density at radius 1 is 1.17 bits per heavy atom. The number of hydrogen-bond donors (Lipinski definition) is 1. The summed E-state index contributed by atoms with van der Waals surface area (Å²) in [4.78, 5) is 22.6. The molecule has 0 spiro atoms. The number of carbonyl (C=O) groups excluding carboxylic acids is 2. The fourth-order valence-corrected chi connectivity index (χ4v) is 1.74. The van der Waals surface area contributed by atoms with Gasteiger partial charge in [0.15, 0.2) is 0 Å². The van der Waals surface area contributed by atoms with Gasteiger partial charge in [-0.05, 0) is 19.3 Å². The molecule has 1 unspecified atom stereocenters. The Kier molecular flexibility index (Phi) is 10.4. The molecule has 0 fully saturated rings. The van der Waals surface area contributed by atoms with Crippen molar-refractivity contribution < 1.29 is 14.3 Å². The standard InChI is InChI=1S/C14H27NO3/c1-4-7-8-12(5-2)11-15-13(16)9-10-14(17)18-6-3/h12H,4-11H2,1-3H3,(H,15,16). The zero-order valence-electron chi connectivity index (χ0n) is 12.0. The monoisotopic (exact) mass is 257 g/mol. The molecule has 0 saturated heterocycles. The van der Waals surface area contributed by atoms with Crippen molar-refractivity contribution in [2.75, 3.05) is 13.2 Å². The molecule has 0 radical (unpaired) electrons. The van der Waals surface area contributed by atoms with E-state index in [9.17, 15) is 9.59 Å². The Bertz CT molecular complexity index is 241. The molecule has 1 amide bonds. The van der Waals surface area contributed by atoms with E-state index in [4.69, 9.17) is 4.74 Å². The molecule has 4 heteroatoms. The Labute approximate surface area is 110 Å². The highest BCUT2D eigenvalue weighted by molar-refractivity contribution is 5.81. The summed E-state index contributed by atoms with van der Waals surface area (Å²) in [7, 11) is 0. The van der Waals surface area contributed by atoms with Crippen LogP contribution in [0.2, 0.25) is 0 Å². The zero-order valence-corrected chi connectivity index (χ0v) is 12.0. The van der Waals surface area contributed by atoms with Gasteiger partial charge < -0.3 is 10.1 Å². The van der Waals surface area contributed by atoms with Crippen molar-refractivity contribution in [2.45, 2.75) is 59.3 Å². The predicted molar refractivity (Wildman–Crippen MR) is 72.2 cm³/mol. The van der Waals surface area contributed by atoms with Gasteiger partial charge in [-0.15, -0.1) is 0 Å². The molecule has 0 aromatic carbocycles. The Hall–Kier alpha value is -1.06. The number of carbonyl (C=O) groups is 2. The summed E-state index contributed by atoms with van der Waals surface area (Å²) in [6.07, 6.45) is 5.03. The van der Waals surface area contributed by atoms with Crippen LogP contribution in [0.25, 0.3) is 0 Å². The summed E-state index contributed by atoms with van der Waals surface area (Å²) in [5.41, 5.74) is 0. The maximum absolute atomic E-state index is 11.5. The molecular formula is C14H27NO3. The first kappa shape index (κ1) is 16.9. The molecule has 0 aliphatic carbocycles. The smallest absolute Gasteiger partial charge is 0.306 e. The van der Waals surface area contributed by atoms with Crippen molar-refractivity contribution in [1.82, 2.24) is 5.32 Å². The van der Waals surface area contributed by atoms with Gasteiger partial charge in [0.2, 0.25) is 5.91 Å². The maximum atomic E-state index is 11.5. The van der Waals surface area contributed by atoms with Crippen molar-refractivity contribution in [3.8, 4) is 0 Å². The minimum absolute atomic E-state index is 0.0574. The van der Waals surface area contributed by atoms with Crippen LogP contribution in [-0.2, 0) is 14.3 Å².